The number of nitrogens with two attached hydrogens (primary N) is 1. The molecule has 1 atom stereocenters. The molecule has 0 spiro atoms. The monoisotopic (exact) mass is 197 g/mol. The van der Waals surface area contributed by atoms with Gasteiger partial charge in [-0.25, -0.2) is 0 Å². The molecule has 0 aliphatic heterocycles. The first-order valence-corrected chi connectivity index (χ1v) is 5.05. The summed E-state index contributed by atoms with van der Waals surface area (Å²) in [6.45, 7) is 5.04. The van der Waals surface area contributed by atoms with Gasteiger partial charge in [0.1, 0.15) is 0 Å². The van der Waals surface area contributed by atoms with Gasteiger partial charge in [0.2, 0.25) is 5.91 Å². The maximum atomic E-state index is 11.6. The normalized spacial score (nSPS) is 11.9. The smallest absolute Gasteiger partial charge is 0.224 e. The number of nitriles is 1. The molecule has 0 bridgehead atoms. The summed E-state index contributed by atoms with van der Waals surface area (Å²) in [7, 11) is 0. The molecule has 0 aromatic carbocycles. The Hall–Kier alpha value is -1.08. The van der Waals surface area contributed by atoms with Crippen molar-refractivity contribution < 1.29 is 4.79 Å². The Morgan fingerprint density at radius 3 is 2.64 bits per heavy atom. The second-order valence-corrected chi connectivity index (χ2v) is 3.25. The van der Waals surface area contributed by atoms with Crippen LogP contribution in [-0.2, 0) is 4.79 Å². The molecule has 0 radical (unpaired) electrons. The van der Waals surface area contributed by atoms with Gasteiger partial charge in [-0.2, -0.15) is 5.26 Å². The van der Waals surface area contributed by atoms with E-state index in [1.165, 1.54) is 0 Å². The minimum absolute atomic E-state index is 0.0529. The van der Waals surface area contributed by atoms with E-state index >= 15 is 0 Å². The topological polar surface area (TPSA) is 70.1 Å². The predicted octanol–water partition coefficient (Wildman–Crippen LogP) is 0.876. The van der Waals surface area contributed by atoms with Crippen LogP contribution in [0.4, 0.5) is 0 Å². The zero-order valence-corrected chi connectivity index (χ0v) is 8.99. The van der Waals surface area contributed by atoms with Crippen LogP contribution < -0.4 is 5.73 Å². The summed E-state index contributed by atoms with van der Waals surface area (Å²) in [5.74, 6) is 0.0529. The van der Waals surface area contributed by atoms with Crippen LogP contribution in [0.5, 0.6) is 0 Å². The van der Waals surface area contributed by atoms with Crippen LogP contribution in [0.25, 0.3) is 0 Å². The highest BCUT2D eigenvalue weighted by Crippen LogP contribution is 2.00. The fourth-order valence-corrected chi connectivity index (χ4v) is 1.14. The van der Waals surface area contributed by atoms with Crippen molar-refractivity contribution in [1.82, 2.24) is 4.90 Å². The lowest BCUT2D eigenvalue weighted by Gasteiger charge is -2.21. The van der Waals surface area contributed by atoms with E-state index in [0.717, 1.165) is 6.42 Å². The van der Waals surface area contributed by atoms with Crippen LogP contribution in [0.3, 0.4) is 0 Å². The number of rotatable bonds is 6. The van der Waals surface area contributed by atoms with Gasteiger partial charge >= 0.3 is 0 Å². The van der Waals surface area contributed by atoms with Crippen molar-refractivity contribution in [2.45, 2.75) is 39.2 Å². The molecular formula is C10H19N3O. The molecule has 0 fully saturated rings. The van der Waals surface area contributed by atoms with Crippen molar-refractivity contribution in [1.29, 1.82) is 5.26 Å². The fraction of sp³-hybridized carbons (Fsp3) is 0.800. The first-order valence-electron chi connectivity index (χ1n) is 5.05. The van der Waals surface area contributed by atoms with Crippen molar-refractivity contribution in [3.05, 3.63) is 0 Å². The Morgan fingerprint density at radius 2 is 2.21 bits per heavy atom. The van der Waals surface area contributed by atoms with Gasteiger partial charge in [-0.15, -0.1) is 0 Å². The second kappa shape index (κ2) is 7.34. The Balaban J connectivity index is 3.98. The number of hydrogen-bond donors (Lipinski definition) is 1. The van der Waals surface area contributed by atoms with Gasteiger partial charge in [0.25, 0.3) is 0 Å². The molecule has 2 N–H and O–H groups in total. The molecule has 0 aliphatic carbocycles. The minimum Gasteiger partial charge on any atom is -0.342 e. The highest BCUT2D eigenvalue weighted by molar-refractivity contribution is 5.76. The Labute approximate surface area is 85.7 Å². The summed E-state index contributed by atoms with van der Waals surface area (Å²) in [6, 6.07) is 1.97. The Bertz CT molecular complexity index is 210. The average molecular weight is 197 g/mol. The summed E-state index contributed by atoms with van der Waals surface area (Å²) in [5, 5.41) is 8.41. The van der Waals surface area contributed by atoms with Crippen LogP contribution in [0, 0.1) is 11.3 Å². The number of hydrogen-bond acceptors (Lipinski definition) is 3. The molecule has 0 aromatic heterocycles. The van der Waals surface area contributed by atoms with E-state index in [9.17, 15) is 4.79 Å². The molecule has 1 unspecified atom stereocenters. The highest BCUT2D eigenvalue weighted by Gasteiger charge is 2.13. The van der Waals surface area contributed by atoms with Gasteiger partial charge in [0, 0.05) is 25.6 Å². The summed E-state index contributed by atoms with van der Waals surface area (Å²) >= 11 is 0. The molecular weight excluding hydrogens is 178 g/mol. The van der Waals surface area contributed by atoms with Crippen molar-refractivity contribution in [3.63, 3.8) is 0 Å². The van der Waals surface area contributed by atoms with Gasteiger partial charge in [-0.1, -0.05) is 6.92 Å². The molecule has 80 valence electrons. The van der Waals surface area contributed by atoms with Crippen LogP contribution in [0.2, 0.25) is 0 Å². The van der Waals surface area contributed by atoms with E-state index in [-0.39, 0.29) is 11.9 Å². The van der Waals surface area contributed by atoms with Gasteiger partial charge in [-0.05, 0) is 13.3 Å². The van der Waals surface area contributed by atoms with Crippen LogP contribution in [0.15, 0.2) is 0 Å². The Morgan fingerprint density at radius 1 is 1.57 bits per heavy atom. The van der Waals surface area contributed by atoms with E-state index in [0.29, 0.717) is 25.9 Å². The average Bonchev–Trinajstić information content (AvgIpc) is 2.18. The van der Waals surface area contributed by atoms with Gasteiger partial charge in [0.05, 0.1) is 12.5 Å². The minimum atomic E-state index is -0.0568. The van der Waals surface area contributed by atoms with E-state index in [1.54, 1.807) is 4.90 Å². The van der Waals surface area contributed by atoms with Gasteiger partial charge in [0.15, 0.2) is 0 Å². The van der Waals surface area contributed by atoms with E-state index in [1.807, 2.05) is 19.9 Å². The molecule has 14 heavy (non-hydrogen) atoms. The van der Waals surface area contributed by atoms with Crippen LogP contribution in [0.1, 0.15) is 33.1 Å². The zero-order valence-electron chi connectivity index (χ0n) is 8.99. The molecule has 4 nitrogen and oxygen atoms in total. The number of carbonyl (C=O) groups excluding carboxylic acids is 1. The zero-order chi connectivity index (χ0) is 11.0. The van der Waals surface area contributed by atoms with E-state index in [2.05, 4.69) is 0 Å². The molecule has 0 saturated heterocycles. The number of amides is 1. The second-order valence-electron chi connectivity index (χ2n) is 3.25. The highest BCUT2D eigenvalue weighted by atomic mass is 16.2. The molecule has 4 heteroatoms. The molecule has 0 aliphatic rings. The van der Waals surface area contributed by atoms with Crippen molar-refractivity contribution in [3.8, 4) is 6.07 Å². The Kier molecular flexibility index (Phi) is 6.77. The summed E-state index contributed by atoms with van der Waals surface area (Å²) in [6.07, 6.45) is 1.58. The SMILES string of the molecule is CCC(N)CC(=O)N(CC)CCC#N. The first kappa shape index (κ1) is 12.9. The summed E-state index contributed by atoms with van der Waals surface area (Å²) < 4.78 is 0. The largest absolute Gasteiger partial charge is 0.342 e. The fourth-order valence-electron chi connectivity index (χ4n) is 1.14. The molecule has 1 amide bonds. The van der Waals surface area contributed by atoms with Crippen molar-refractivity contribution >= 4 is 5.91 Å². The van der Waals surface area contributed by atoms with E-state index in [4.69, 9.17) is 11.0 Å². The lowest BCUT2D eigenvalue weighted by atomic mass is 10.1. The van der Waals surface area contributed by atoms with E-state index < -0.39 is 0 Å². The van der Waals surface area contributed by atoms with Gasteiger partial charge < -0.3 is 10.6 Å². The van der Waals surface area contributed by atoms with Crippen LogP contribution in [-0.4, -0.2) is 29.9 Å². The third-order valence-electron chi connectivity index (χ3n) is 2.19. The maximum Gasteiger partial charge on any atom is 0.224 e. The predicted molar refractivity (Wildman–Crippen MR) is 55.4 cm³/mol. The third kappa shape index (κ3) is 4.83. The number of nitrogens with zero attached hydrogens (tertiary/aromatic N) is 2. The first-order chi connectivity index (χ1) is 6.65. The lowest BCUT2D eigenvalue weighted by molar-refractivity contribution is -0.131. The maximum absolute atomic E-state index is 11.6. The number of carbonyl (C=O) groups is 1. The van der Waals surface area contributed by atoms with Crippen molar-refractivity contribution in [2.24, 2.45) is 5.73 Å². The van der Waals surface area contributed by atoms with Crippen LogP contribution >= 0.6 is 0 Å². The lowest BCUT2D eigenvalue weighted by Crippen LogP contribution is -2.36. The van der Waals surface area contributed by atoms with Gasteiger partial charge in [-0.3, -0.25) is 4.79 Å². The molecule has 0 rings (SSSR count). The summed E-state index contributed by atoms with van der Waals surface area (Å²) in [4.78, 5) is 13.3. The quantitative estimate of drug-likeness (QED) is 0.687. The summed E-state index contributed by atoms with van der Waals surface area (Å²) in [5.41, 5.74) is 5.68. The van der Waals surface area contributed by atoms with Crippen molar-refractivity contribution in [2.75, 3.05) is 13.1 Å². The molecule has 0 saturated carbocycles. The molecule has 0 heterocycles. The standard InChI is InChI=1S/C10H19N3O/c1-3-9(12)8-10(14)13(4-2)7-5-6-11/h9H,3-5,7-8,12H2,1-2H3. The third-order valence-corrected chi connectivity index (χ3v) is 2.19. The molecule has 0 aromatic rings.